The number of carbonyl (C=O) groups excluding carboxylic acids is 1. The van der Waals surface area contributed by atoms with Gasteiger partial charge < -0.3 is 24.1 Å². The molecule has 2 fully saturated rings. The summed E-state index contributed by atoms with van der Waals surface area (Å²) in [4.78, 5) is 11.3. The molecule has 2 aliphatic rings. The largest absolute Gasteiger partial charge is 0.386 e. The van der Waals surface area contributed by atoms with Gasteiger partial charge in [0, 0.05) is 16.7 Å². The number of hydrogen-bond donors (Lipinski definition) is 1. The summed E-state index contributed by atoms with van der Waals surface area (Å²) in [5, 5.41) is 9.43. The van der Waals surface area contributed by atoms with Crippen LogP contribution in [0, 0.1) is 11.6 Å². The van der Waals surface area contributed by atoms with Crippen molar-refractivity contribution in [3.63, 3.8) is 0 Å². The van der Waals surface area contributed by atoms with Gasteiger partial charge in [0.15, 0.2) is 25.0 Å². The third-order valence-electron chi connectivity index (χ3n) is 4.76. The molecular weight excluding hydrogens is 436 g/mol. The molecule has 0 amide bonds. The first-order valence-corrected chi connectivity index (χ1v) is 9.84. The molecule has 6 nitrogen and oxygen atoms in total. The maximum Gasteiger partial charge on any atom is 0.197 e. The van der Waals surface area contributed by atoms with Crippen molar-refractivity contribution < 1.29 is 46.4 Å². The molecule has 0 aromatic heterocycles. The highest BCUT2D eigenvalue weighted by Gasteiger charge is 2.27. The predicted octanol–water partition coefficient (Wildman–Crippen LogP) is 3.90. The fraction of sp³-hybridized carbons (Fsp3) is 0.409. The zero-order valence-corrected chi connectivity index (χ0v) is 16.9. The molecule has 174 valence electrons. The smallest absolute Gasteiger partial charge is 0.197 e. The molecule has 1 unspecified atom stereocenters. The van der Waals surface area contributed by atoms with E-state index in [1.807, 2.05) is 0 Å². The summed E-state index contributed by atoms with van der Waals surface area (Å²) in [6, 6.07) is 8.26. The number of ether oxygens (including phenoxy) is 4. The highest BCUT2D eigenvalue weighted by atomic mass is 19.1. The Kier molecular flexibility index (Phi) is 8.71. The van der Waals surface area contributed by atoms with E-state index in [9.17, 15) is 27.5 Å². The van der Waals surface area contributed by atoms with Gasteiger partial charge in [0.25, 0.3) is 0 Å². The topological polar surface area (TPSA) is 74.2 Å². The van der Waals surface area contributed by atoms with Crippen molar-refractivity contribution in [3.05, 3.63) is 70.3 Å². The molecule has 0 saturated carbocycles. The van der Waals surface area contributed by atoms with Crippen LogP contribution in [0.1, 0.15) is 45.7 Å². The Morgan fingerprint density at radius 2 is 1.38 bits per heavy atom. The summed E-state index contributed by atoms with van der Waals surface area (Å²) < 4.78 is 72.4. The summed E-state index contributed by atoms with van der Waals surface area (Å²) in [5.41, 5.74) is 0.233. The van der Waals surface area contributed by atoms with Crippen molar-refractivity contribution in [2.45, 2.75) is 18.7 Å². The number of aliphatic hydroxyl groups is 1. The lowest BCUT2D eigenvalue weighted by Crippen LogP contribution is -2.12. The Hall–Kier alpha value is -2.37. The van der Waals surface area contributed by atoms with Gasteiger partial charge in [0.05, 0.1) is 32.0 Å². The van der Waals surface area contributed by atoms with Crippen molar-refractivity contribution in [3.8, 4) is 0 Å². The number of halogens is 4. The molecule has 2 heterocycles. The Balaban J connectivity index is 0.000000181. The van der Waals surface area contributed by atoms with Crippen LogP contribution in [0.25, 0.3) is 0 Å². The second-order valence-electron chi connectivity index (χ2n) is 6.82. The molecule has 0 radical (unpaired) electrons. The molecular formula is C22H22F4O6. The third kappa shape index (κ3) is 5.51. The van der Waals surface area contributed by atoms with E-state index in [-0.39, 0.29) is 16.7 Å². The lowest BCUT2D eigenvalue weighted by atomic mass is 10.0. The fourth-order valence-corrected chi connectivity index (χ4v) is 3.36. The zero-order chi connectivity index (χ0) is 23.1. The minimum atomic E-state index is -1.48. The van der Waals surface area contributed by atoms with Gasteiger partial charge in [-0.3, -0.25) is 4.79 Å². The lowest BCUT2D eigenvalue weighted by Gasteiger charge is -2.17. The molecule has 2 aromatic rings. The molecule has 10 heteroatoms. The predicted molar refractivity (Wildman–Crippen MR) is 103 cm³/mol. The van der Waals surface area contributed by atoms with Gasteiger partial charge in [-0.15, -0.1) is 0 Å². The van der Waals surface area contributed by atoms with Crippen LogP contribution in [-0.4, -0.2) is 50.7 Å². The van der Waals surface area contributed by atoms with Crippen LogP contribution in [0.5, 0.6) is 0 Å². The molecule has 1 atom stereocenters. The fourth-order valence-electron chi connectivity index (χ4n) is 3.36. The van der Waals surface area contributed by atoms with E-state index in [0.717, 1.165) is 6.07 Å². The van der Waals surface area contributed by atoms with Gasteiger partial charge >= 0.3 is 0 Å². The Labute approximate surface area is 181 Å². The number of benzene rings is 2. The van der Waals surface area contributed by atoms with Crippen LogP contribution in [0.2, 0.25) is 0 Å². The van der Waals surface area contributed by atoms with Crippen molar-refractivity contribution in [1.82, 2.24) is 0 Å². The maximum atomic E-state index is 13.5. The molecule has 2 saturated heterocycles. The van der Waals surface area contributed by atoms with Crippen molar-refractivity contribution >= 4 is 5.78 Å². The first-order valence-electron chi connectivity index (χ1n) is 9.84. The first-order chi connectivity index (χ1) is 15.5. The molecule has 2 aromatic carbocycles. The van der Waals surface area contributed by atoms with Crippen LogP contribution in [0.4, 0.5) is 17.6 Å². The van der Waals surface area contributed by atoms with E-state index < -0.39 is 49.5 Å². The summed E-state index contributed by atoms with van der Waals surface area (Å²) in [7, 11) is 0. The molecule has 0 spiro atoms. The van der Waals surface area contributed by atoms with Gasteiger partial charge in [-0.05, 0) is 12.1 Å². The van der Waals surface area contributed by atoms with Crippen LogP contribution >= 0.6 is 0 Å². The highest BCUT2D eigenvalue weighted by molar-refractivity contribution is 5.98. The average molecular weight is 458 g/mol. The number of alkyl halides is 2. The number of Topliss-reactive ketones (excluding diaryl/α,β-unsaturated/α-hetero) is 1. The molecule has 2 aliphatic heterocycles. The first kappa shape index (κ1) is 24.3. The third-order valence-corrected chi connectivity index (χ3v) is 4.76. The summed E-state index contributed by atoms with van der Waals surface area (Å²) in [6.45, 7) is -0.700. The second-order valence-corrected chi connectivity index (χ2v) is 6.82. The van der Waals surface area contributed by atoms with Crippen molar-refractivity contribution in [2.75, 3.05) is 39.8 Å². The van der Waals surface area contributed by atoms with E-state index in [1.54, 1.807) is 6.07 Å². The van der Waals surface area contributed by atoms with Gasteiger partial charge in [0.2, 0.25) is 0 Å². The van der Waals surface area contributed by atoms with E-state index in [0.29, 0.717) is 32.0 Å². The minimum Gasteiger partial charge on any atom is -0.386 e. The summed E-state index contributed by atoms with van der Waals surface area (Å²) >= 11 is 0. The Bertz CT molecular complexity index is 913. The summed E-state index contributed by atoms with van der Waals surface area (Å²) in [6.07, 6.45) is -2.97. The molecule has 4 rings (SSSR count). The second kappa shape index (κ2) is 11.5. The van der Waals surface area contributed by atoms with Crippen LogP contribution < -0.4 is 0 Å². The number of aliphatic hydroxyl groups excluding tert-OH is 1. The zero-order valence-electron chi connectivity index (χ0n) is 16.9. The van der Waals surface area contributed by atoms with Gasteiger partial charge in [0.1, 0.15) is 24.4 Å². The number of ketones is 1. The average Bonchev–Trinajstić information content (AvgIpc) is 3.53. The quantitative estimate of drug-likeness (QED) is 0.523. The maximum absolute atomic E-state index is 13.5. The van der Waals surface area contributed by atoms with E-state index in [2.05, 4.69) is 0 Å². The molecule has 1 N–H and O–H groups in total. The van der Waals surface area contributed by atoms with E-state index in [1.165, 1.54) is 24.3 Å². The van der Waals surface area contributed by atoms with Crippen LogP contribution in [0.15, 0.2) is 36.4 Å². The van der Waals surface area contributed by atoms with E-state index in [4.69, 9.17) is 18.9 Å². The Morgan fingerprint density at radius 1 is 0.875 bits per heavy atom. The van der Waals surface area contributed by atoms with Gasteiger partial charge in [-0.2, -0.15) is 0 Å². The van der Waals surface area contributed by atoms with Gasteiger partial charge in [-0.1, -0.05) is 24.3 Å². The number of hydrogen-bond acceptors (Lipinski definition) is 6. The van der Waals surface area contributed by atoms with Crippen LogP contribution in [-0.2, 0) is 18.9 Å². The molecule has 0 bridgehead atoms. The Morgan fingerprint density at radius 3 is 1.91 bits per heavy atom. The molecule has 0 aliphatic carbocycles. The SMILES string of the molecule is O=C(CF)c1c(F)cccc1C1OCCO1.OC(CF)c1c(F)cccc1C1OCCO1. The van der Waals surface area contributed by atoms with Crippen LogP contribution in [0.3, 0.4) is 0 Å². The lowest BCUT2D eigenvalue weighted by molar-refractivity contribution is -0.0466. The molecule has 32 heavy (non-hydrogen) atoms. The van der Waals surface area contributed by atoms with Gasteiger partial charge in [-0.25, -0.2) is 17.6 Å². The normalized spacial score (nSPS) is 17.8. The minimum absolute atomic E-state index is 0.0862. The highest BCUT2D eigenvalue weighted by Crippen LogP contribution is 2.32. The summed E-state index contributed by atoms with van der Waals surface area (Å²) in [5.74, 6) is -2.30. The number of carbonyl (C=O) groups is 1. The number of rotatable bonds is 6. The van der Waals surface area contributed by atoms with E-state index >= 15 is 0 Å². The monoisotopic (exact) mass is 458 g/mol. The standard InChI is InChI=1S/C11H12F2O3.C11H10F2O3/c2*12-6-9(14)10-7(2-1-3-8(10)13)11-15-4-5-16-11/h1-3,9,11,14H,4-6H2;1-3,11H,4-6H2. The van der Waals surface area contributed by atoms with Crippen molar-refractivity contribution in [2.24, 2.45) is 0 Å². The van der Waals surface area contributed by atoms with Crippen molar-refractivity contribution in [1.29, 1.82) is 0 Å².